The van der Waals surface area contributed by atoms with Crippen LogP contribution in [0.1, 0.15) is 38.3 Å². The van der Waals surface area contributed by atoms with Crippen LogP contribution in [0.5, 0.6) is 5.75 Å². The molecule has 1 heterocycles. The van der Waals surface area contributed by atoms with Crippen LogP contribution in [-0.2, 0) is 11.3 Å². The minimum atomic E-state index is -0.248. The fourth-order valence-corrected chi connectivity index (χ4v) is 3.38. The molecule has 1 aromatic carbocycles. The standard InChI is InChI=1S/C22H29N3O3/c1-17-7-2-3-11-21(17)27-14-13-24-22(26)25-18-9-6-10-20(15-18)28-16-19-8-4-5-12-23-19/h4-6,8-10,12,15,17,21H,2-3,7,11,13-14,16H2,1H3,(H2,24,25,26)/t17-,21-/m0/s1. The van der Waals surface area contributed by atoms with Crippen molar-refractivity contribution in [3.8, 4) is 5.75 Å². The molecule has 1 aliphatic rings. The van der Waals surface area contributed by atoms with Crippen molar-refractivity contribution < 1.29 is 14.3 Å². The van der Waals surface area contributed by atoms with Gasteiger partial charge in [0.25, 0.3) is 0 Å². The normalized spacial score (nSPS) is 19.0. The number of benzene rings is 1. The van der Waals surface area contributed by atoms with E-state index in [-0.39, 0.29) is 6.03 Å². The fraction of sp³-hybridized carbons (Fsp3) is 0.455. The van der Waals surface area contributed by atoms with E-state index in [1.54, 1.807) is 12.3 Å². The summed E-state index contributed by atoms with van der Waals surface area (Å²) >= 11 is 0. The SMILES string of the molecule is C[C@H]1CCCC[C@@H]1OCCNC(=O)Nc1cccc(OCc2ccccn2)c1. The van der Waals surface area contributed by atoms with Crippen LogP contribution >= 0.6 is 0 Å². The van der Waals surface area contributed by atoms with Gasteiger partial charge in [-0.05, 0) is 43.0 Å². The second-order valence-corrected chi connectivity index (χ2v) is 7.19. The molecule has 2 atom stereocenters. The molecule has 0 spiro atoms. The lowest BCUT2D eigenvalue weighted by atomic mass is 9.88. The van der Waals surface area contributed by atoms with Crippen molar-refractivity contribution in [2.24, 2.45) is 5.92 Å². The third kappa shape index (κ3) is 6.53. The lowest BCUT2D eigenvalue weighted by molar-refractivity contribution is -0.00232. The highest BCUT2D eigenvalue weighted by molar-refractivity contribution is 5.89. The van der Waals surface area contributed by atoms with E-state index < -0.39 is 0 Å². The van der Waals surface area contributed by atoms with Gasteiger partial charge in [0.1, 0.15) is 12.4 Å². The Bertz CT molecular complexity index is 739. The first-order valence-electron chi connectivity index (χ1n) is 10.00. The third-order valence-corrected chi connectivity index (χ3v) is 4.96. The maximum absolute atomic E-state index is 12.1. The first kappa shape index (κ1) is 20.1. The van der Waals surface area contributed by atoms with Gasteiger partial charge < -0.3 is 20.1 Å². The summed E-state index contributed by atoms with van der Waals surface area (Å²) in [4.78, 5) is 16.3. The zero-order chi connectivity index (χ0) is 19.6. The predicted octanol–water partition coefficient (Wildman–Crippen LogP) is 4.38. The number of carbonyl (C=O) groups is 1. The van der Waals surface area contributed by atoms with Gasteiger partial charge >= 0.3 is 6.03 Å². The zero-order valence-corrected chi connectivity index (χ0v) is 16.4. The van der Waals surface area contributed by atoms with Gasteiger partial charge in [-0.25, -0.2) is 4.79 Å². The Hall–Kier alpha value is -2.60. The van der Waals surface area contributed by atoms with Gasteiger partial charge in [0.15, 0.2) is 0 Å². The molecule has 6 nitrogen and oxygen atoms in total. The van der Waals surface area contributed by atoms with E-state index in [0.29, 0.717) is 43.2 Å². The molecule has 1 aromatic heterocycles. The highest BCUT2D eigenvalue weighted by Gasteiger charge is 2.21. The first-order valence-corrected chi connectivity index (χ1v) is 10.00. The Kier molecular flexibility index (Phi) is 7.67. The van der Waals surface area contributed by atoms with E-state index in [1.165, 1.54) is 19.3 Å². The van der Waals surface area contributed by atoms with Gasteiger partial charge in [-0.15, -0.1) is 0 Å². The minimum absolute atomic E-state index is 0.248. The van der Waals surface area contributed by atoms with Crippen molar-refractivity contribution in [1.29, 1.82) is 0 Å². The summed E-state index contributed by atoms with van der Waals surface area (Å²) in [6.45, 7) is 3.65. The number of aromatic nitrogens is 1. The number of amides is 2. The van der Waals surface area contributed by atoms with Crippen LogP contribution in [0, 0.1) is 5.92 Å². The summed E-state index contributed by atoms with van der Waals surface area (Å²) in [6.07, 6.45) is 6.95. The van der Waals surface area contributed by atoms with Crippen molar-refractivity contribution in [2.75, 3.05) is 18.5 Å². The smallest absolute Gasteiger partial charge is 0.319 e. The van der Waals surface area contributed by atoms with Gasteiger partial charge in [-0.3, -0.25) is 4.98 Å². The summed E-state index contributed by atoms with van der Waals surface area (Å²) in [6, 6.07) is 12.8. The maximum Gasteiger partial charge on any atom is 0.319 e. The molecule has 0 aliphatic heterocycles. The molecule has 1 saturated carbocycles. The van der Waals surface area contributed by atoms with Crippen molar-refractivity contribution in [3.05, 3.63) is 54.4 Å². The summed E-state index contributed by atoms with van der Waals surface area (Å²) in [7, 11) is 0. The summed E-state index contributed by atoms with van der Waals surface area (Å²) in [5.41, 5.74) is 1.53. The largest absolute Gasteiger partial charge is 0.487 e. The number of nitrogens with one attached hydrogen (secondary N) is 2. The number of ether oxygens (including phenoxy) is 2. The minimum Gasteiger partial charge on any atom is -0.487 e. The van der Waals surface area contributed by atoms with E-state index in [2.05, 4.69) is 22.5 Å². The number of nitrogens with zero attached hydrogens (tertiary/aromatic N) is 1. The number of carbonyl (C=O) groups excluding carboxylic acids is 1. The van der Waals surface area contributed by atoms with E-state index >= 15 is 0 Å². The summed E-state index contributed by atoms with van der Waals surface area (Å²) in [5.74, 6) is 1.29. The van der Waals surface area contributed by atoms with Gasteiger partial charge in [0.05, 0.1) is 18.4 Å². The molecule has 6 heteroatoms. The average molecular weight is 383 g/mol. The Morgan fingerprint density at radius 2 is 2.07 bits per heavy atom. The quantitative estimate of drug-likeness (QED) is 0.664. The zero-order valence-electron chi connectivity index (χ0n) is 16.4. The highest BCUT2D eigenvalue weighted by atomic mass is 16.5. The van der Waals surface area contributed by atoms with Gasteiger partial charge in [-0.1, -0.05) is 31.9 Å². The van der Waals surface area contributed by atoms with Crippen LogP contribution in [0.4, 0.5) is 10.5 Å². The molecule has 1 fully saturated rings. The van der Waals surface area contributed by atoms with Crippen LogP contribution in [0.3, 0.4) is 0 Å². The summed E-state index contributed by atoms with van der Waals surface area (Å²) < 4.78 is 11.7. The first-order chi connectivity index (χ1) is 13.7. The lowest BCUT2D eigenvalue weighted by Gasteiger charge is -2.28. The Morgan fingerprint density at radius 1 is 1.18 bits per heavy atom. The van der Waals surface area contributed by atoms with E-state index in [0.717, 1.165) is 12.1 Å². The van der Waals surface area contributed by atoms with Crippen LogP contribution in [0.25, 0.3) is 0 Å². The molecular weight excluding hydrogens is 354 g/mol. The van der Waals surface area contributed by atoms with Crippen molar-refractivity contribution in [3.63, 3.8) is 0 Å². The number of anilines is 1. The van der Waals surface area contributed by atoms with Crippen LogP contribution < -0.4 is 15.4 Å². The van der Waals surface area contributed by atoms with Crippen LogP contribution in [0.15, 0.2) is 48.7 Å². The number of rotatable bonds is 8. The lowest BCUT2D eigenvalue weighted by Crippen LogP contribution is -2.34. The van der Waals surface area contributed by atoms with Crippen LogP contribution in [-0.4, -0.2) is 30.3 Å². The molecule has 28 heavy (non-hydrogen) atoms. The molecule has 0 radical (unpaired) electrons. The Morgan fingerprint density at radius 3 is 2.89 bits per heavy atom. The van der Waals surface area contributed by atoms with Crippen molar-refractivity contribution >= 4 is 11.7 Å². The molecule has 0 bridgehead atoms. The second-order valence-electron chi connectivity index (χ2n) is 7.19. The van der Waals surface area contributed by atoms with E-state index in [4.69, 9.17) is 9.47 Å². The maximum atomic E-state index is 12.1. The third-order valence-electron chi connectivity index (χ3n) is 4.96. The molecule has 0 unspecified atom stereocenters. The topological polar surface area (TPSA) is 72.5 Å². The molecule has 2 amide bonds. The van der Waals surface area contributed by atoms with Gasteiger partial charge in [0.2, 0.25) is 0 Å². The number of hydrogen-bond donors (Lipinski definition) is 2. The molecule has 2 N–H and O–H groups in total. The molecule has 3 rings (SSSR count). The highest BCUT2D eigenvalue weighted by Crippen LogP contribution is 2.26. The van der Waals surface area contributed by atoms with Crippen LogP contribution in [0.2, 0.25) is 0 Å². The summed E-state index contributed by atoms with van der Waals surface area (Å²) in [5, 5.41) is 5.66. The Balaban J connectivity index is 1.37. The fourth-order valence-electron chi connectivity index (χ4n) is 3.38. The predicted molar refractivity (Wildman–Crippen MR) is 109 cm³/mol. The number of hydrogen-bond acceptors (Lipinski definition) is 4. The van der Waals surface area contributed by atoms with E-state index in [9.17, 15) is 4.79 Å². The number of urea groups is 1. The van der Waals surface area contributed by atoms with Gasteiger partial charge in [-0.2, -0.15) is 0 Å². The Labute approximate surface area is 166 Å². The number of pyridine rings is 1. The van der Waals surface area contributed by atoms with Crippen molar-refractivity contribution in [2.45, 2.75) is 45.3 Å². The monoisotopic (exact) mass is 383 g/mol. The molecule has 0 saturated heterocycles. The second kappa shape index (κ2) is 10.7. The van der Waals surface area contributed by atoms with E-state index in [1.807, 2.05) is 36.4 Å². The molecule has 150 valence electrons. The average Bonchev–Trinajstić information content (AvgIpc) is 2.72. The molecular formula is C22H29N3O3. The molecule has 2 aromatic rings. The molecule has 1 aliphatic carbocycles. The van der Waals surface area contributed by atoms with Crippen molar-refractivity contribution in [1.82, 2.24) is 10.3 Å². The van der Waals surface area contributed by atoms with Gasteiger partial charge in [0, 0.05) is 24.5 Å².